The second-order valence-corrected chi connectivity index (χ2v) is 7.97. The number of para-hydroxylation sites is 1. The number of carbonyl (C=O) groups is 1. The highest BCUT2D eigenvalue weighted by Crippen LogP contribution is 2.21. The van der Waals surface area contributed by atoms with Gasteiger partial charge in [0.1, 0.15) is 0 Å². The Balaban J connectivity index is 2.12. The van der Waals surface area contributed by atoms with Gasteiger partial charge in [0, 0.05) is 18.7 Å². The summed E-state index contributed by atoms with van der Waals surface area (Å²) in [7, 11) is -3.55. The maximum Gasteiger partial charge on any atom is 0.232 e. The molecule has 0 unspecified atom stereocenters. The predicted molar refractivity (Wildman–Crippen MR) is 103 cm³/mol. The molecule has 136 valence electrons. The highest BCUT2D eigenvalue weighted by Gasteiger charge is 2.19. The van der Waals surface area contributed by atoms with Crippen molar-refractivity contribution in [2.24, 2.45) is 0 Å². The van der Waals surface area contributed by atoms with Crippen LogP contribution in [0.5, 0.6) is 0 Å². The third-order valence-corrected chi connectivity index (χ3v) is 5.17. The van der Waals surface area contributed by atoms with Gasteiger partial charge in [0.2, 0.25) is 15.9 Å². The number of carbonyl (C=O) groups excluding carboxylic acids is 1. The van der Waals surface area contributed by atoms with Gasteiger partial charge >= 0.3 is 0 Å². The van der Waals surface area contributed by atoms with Gasteiger partial charge in [-0.15, -0.1) is 0 Å². The number of nitrogens with zero attached hydrogens (tertiary/aromatic N) is 2. The van der Waals surface area contributed by atoms with Crippen LogP contribution in [-0.4, -0.2) is 27.1 Å². The highest BCUT2D eigenvalue weighted by molar-refractivity contribution is 7.92. The van der Waals surface area contributed by atoms with Crippen LogP contribution in [0.4, 0.5) is 11.4 Å². The summed E-state index contributed by atoms with van der Waals surface area (Å²) in [5, 5.41) is 11.7. The fraction of sp³-hybridized carbons (Fsp3) is 0.263. The first-order chi connectivity index (χ1) is 12.2. The molecular weight excluding hydrogens is 350 g/mol. The lowest BCUT2D eigenvalue weighted by Crippen LogP contribution is -2.33. The van der Waals surface area contributed by atoms with Crippen molar-refractivity contribution in [2.75, 3.05) is 22.4 Å². The van der Waals surface area contributed by atoms with Gasteiger partial charge in [-0.3, -0.25) is 9.10 Å². The molecule has 0 atom stereocenters. The molecule has 0 heterocycles. The molecule has 2 aromatic rings. The Labute approximate surface area is 154 Å². The first-order valence-corrected chi connectivity index (χ1v) is 9.91. The summed E-state index contributed by atoms with van der Waals surface area (Å²) >= 11 is 0. The molecule has 0 spiro atoms. The summed E-state index contributed by atoms with van der Waals surface area (Å²) in [6, 6.07) is 13.9. The van der Waals surface area contributed by atoms with E-state index >= 15 is 0 Å². The molecule has 0 aliphatic heterocycles. The molecule has 2 rings (SSSR count). The van der Waals surface area contributed by atoms with Gasteiger partial charge in [-0.1, -0.05) is 18.2 Å². The molecule has 0 saturated carbocycles. The Morgan fingerprint density at radius 2 is 1.69 bits per heavy atom. The molecule has 0 aliphatic rings. The van der Waals surface area contributed by atoms with E-state index < -0.39 is 10.0 Å². The molecule has 0 aromatic heterocycles. The molecule has 0 fully saturated rings. The van der Waals surface area contributed by atoms with Crippen LogP contribution in [0.15, 0.2) is 42.5 Å². The fourth-order valence-electron chi connectivity index (χ4n) is 2.61. The average Bonchev–Trinajstić information content (AvgIpc) is 2.58. The number of rotatable bonds is 6. The average molecular weight is 371 g/mol. The largest absolute Gasteiger partial charge is 0.326 e. The molecule has 26 heavy (non-hydrogen) atoms. The van der Waals surface area contributed by atoms with Crippen LogP contribution < -0.4 is 9.62 Å². The molecule has 7 heteroatoms. The summed E-state index contributed by atoms with van der Waals surface area (Å²) in [4.78, 5) is 12.3. The van der Waals surface area contributed by atoms with Crippen LogP contribution in [0.25, 0.3) is 0 Å². The lowest BCUT2D eigenvalue weighted by atomic mass is 10.1. The van der Waals surface area contributed by atoms with E-state index in [1.165, 1.54) is 4.31 Å². The van der Waals surface area contributed by atoms with E-state index in [0.29, 0.717) is 11.3 Å². The Morgan fingerprint density at radius 1 is 1.12 bits per heavy atom. The van der Waals surface area contributed by atoms with Crippen molar-refractivity contribution in [3.05, 3.63) is 59.2 Å². The number of aryl methyl sites for hydroxylation is 2. The van der Waals surface area contributed by atoms with Gasteiger partial charge < -0.3 is 5.32 Å². The summed E-state index contributed by atoms with van der Waals surface area (Å²) in [5.41, 5.74) is 3.51. The minimum atomic E-state index is -3.55. The number of anilines is 2. The van der Waals surface area contributed by atoms with E-state index in [1.807, 2.05) is 38.1 Å². The van der Waals surface area contributed by atoms with Crippen LogP contribution in [-0.2, 0) is 14.8 Å². The molecular formula is C19H21N3O3S. The first-order valence-electron chi connectivity index (χ1n) is 8.06. The zero-order valence-electron chi connectivity index (χ0n) is 15.0. The van der Waals surface area contributed by atoms with Gasteiger partial charge in [-0.25, -0.2) is 8.42 Å². The van der Waals surface area contributed by atoms with Crippen LogP contribution in [0.2, 0.25) is 0 Å². The lowest BCUT2D eigenvalue weighted by molar-refractivity contribution is -0.116. The topological polar surface area (TPSA) is 90.3 Å². The number of nitriles is 1. The number of hydrogen-bond acceptors (Lipinski definition) is 4. The number of sulfonamides is 1. The Morgan fingerprint density at radius 3 is 2.19 bits per heavy atom. The second kappa shape index (κ2) is 8.02. The quantitative estimate of drug-likeness (QED) is 0.845. The van der Waals surface area contributed by atoms with E-state index in [9.17, 15) is 13.2 Å². The third kappa shape index (κ3) is 4.83. The van der Waals surface area contributed by atoms with Crippen LogP contribution in [0.1, 0.15) is 23.1 Å². The normalized spacial score (nSPS) is 10.8. The SMILES string of the molecule is Cc1cccc(C)c1NC(=O)CCN(c1ccc(C#N)cc1)S(C)(=O)=O. The standard InChI is InChI=1S/C19H21N3O3S/c1-14-5-4-6-15(2)19(14)21-18(23)11-12-22(26(3,24)25)17-9-7-16(13-20)8-10-17/h4-10H,11-12H2,1-3H3,(H,21,23). The van der Waals surface area contributed by atoms with Crippen LogP contribution >= 0.6 is 0 Å². The van der Waals surface area contributed by atoms with Crippen molar-refractivity contribution < 1.29 is 13.2 Å². The lowest BCUT2D eigenvalue weighted by Gasteiger charge is -2.22. The highest BCUT2D eigenvalue weighted by atomic mass is 32.2. The molecule has 0 aliphatic carbocycles. The van der Waals surface area contributed by atoms with Gasteiger partial charge in [0.25, 0.3) is 0 Å². The Kier molecular flexibility index (Phi) is 6.01. The summed E-state index contributed by atoms with van der Waals surface area (Å²) < 4.78 is 25.4. The molecule has 1 amide bonds. The van der Waals surface area contributed by atoms with Crippen molar-refractivity contribution in [1.29, 1.82) is 5.26 Å². The number of benzene rings is 2. The maximum atomic E-state index is 12.3. The second-order valence-electron chi connectivity index (χ2n) is 6.06. The minimum Gasteiger partial charge on any atom is -0.326 e. The molecule has 0 radical (unpaired) electrons. The summed E-state index contributed by atoms with van der Waals surface area (Å²) in [5.74, 6) is -0.260. The van der Waals surface area contributed by atoms with Gasteiger partial charge in [0.05, 0.1) is 23.6 Å². The molecule has 2 aromatic carbocycles. The van der Waals surface area contributed by atoms with Gasteiger partial charge in [-0.05, 0) is 49.2 Å². The van der Waals surface area contributed by atoms with Crippen LogP contribution in [0.3, 0.4) is 0 Å². The van der Waals surface area contributed by atoms with E-state index in [4.69, 9.17) is 5.26 Å². The predicted octanol–water partition coefficient (Wildman–Crippen LogP) is 2.97. The van der Waals surface area contributed by atoms with Gasteiger partial charge in [-0.2, -0.15) is 5.26 Å². The minimum absolute atomic E-state index is 0.0147. The molecule has 1 N–H and O–H groups in total. The van der Waals surface area contributed by atoms with Crippen molar-refractivity contribution in [2.45, 2.75) is 20.3 Å². The number of hydrogen-bond donors (Lipinski definition) is 1. The zero-order chi connectivity index (χ0) is 19.3. The molecule has 6 nitrogen and oxygen atoms in total. The number of nitrogens with one attached hydrogen (secondary N) is 1. The number of amides is 1. The first kappa shape index (κ1) is 19.5. The van der Waals surface area contributed by atoms with Crippen molar-refractivity contribution in [3.63, 3.8) is 0 Å². The van der Waals surface area contributed by atoms with Crippen molar-refractivity contribution in [3.8, 4) is 6.07 Å². The Bertz CT molecular complexity index is 925. The molecule has 0 saturated heterocycles. The zero-order valence-corrected chi connectivity index (χ0v) is 15.8. The van der Waals surface area contributed by atoms with E-state index in [0.717, 1.165) is 23.1 Å². The summed E-state index contributed by atoms with van der Waals surface area (Å²) in [6.45, 7) is 3.83. The van der Waals surface area contributed by atoms with Crippen molar-refractivity contribution >= 4 is 27.3 Å². The monoisotopic (exact) mass is 371 g/mol. The smallest absolute Gasteiger partial charge is 0.232 e. The van der Waals surface area contributed by atoms with Gasteiger partial charge in [0.15, 0.2) is 0 Å². The maximum absolute atomic E-state index is 12.3. The third-order valence-electron chi connectivity index (χ3n) is 3.97. The van der Waals surface area contributed by atoms with Crippen molar-refractivity contribution in [1.82, 2.24) is 0 Å². The summed E-state index contributed by atoms with van der Waals surface area (Å²) in [6.07, 6.45) is 1.11. The van der Waals surface area contributed by atoms with E-state index in [-0.39, 0.29) is 18.9 Å². The van der Waals surface area contributed by atoms with E-state index in [1.54, 1.807) is 24.3 Å². The van der Waals surface area contributed by atoms with E-state index in [2.05, 4.69) is 5.32 Å². The Hall–Kier alpha value is -2.85. The molecule has 0 bridgehead atoms. The van der Waals surface area contributed by atoms with Crippen LogP contribution in [0, 0.1) is 25.2 Å². The fourth-order valence-corrected chi connectivity index (χ4v) is 3.53.